The number of rotatable bonds is 6. The largest absolute Gasteiger partial charge is 0.480 e. The molecule has 2 N–H and O–H groups in total. The fourth-order valence-electron chi connectivity index (χ4n) is 3.03. The first-order valence-electron chi connectivity index (χ1n) is 9.17. The number of alkyl halides is 3. The van der Waals surface area contributed by atoms with Crippen molar-refractivity contribution in [1.29, 1.82) is 0 Å². The highest BCUT2D eigenvalue weighted by molar-refractivity contribution is 7.91. The molecular formula is C20H20F3N3O4S. The average molecular weight is 455 g/mol. The van der Waals surface area contributed by atoms with Crippen LogP contribution in [0.15, 0.2) is 48.6 Å². The summed E-state index contributed by atoms with van der Waals surface area (Å²) in [5.41, 5.74) is 0.876. The molecule has 0 fully saturated rings. The van der Waals surface area contributed by atoms with Crippen LogP contribution in [-0.4, -0.2) is 40.6 Å². The van der Waals surface area contributed by atoms with E-state index in [1.807, 2.05) is 11.6 Å². The zero-order valence-corrected chi connectivity index (χ0v) is 17.5. The van der Waals surface area contributed by atoms with Gasteiger partial charge in [-0.15, -0.1) is 0 Å². The maximum absolute atomic E-state index is 13.3. The van der Waals surface area contributed by atoms with Crippen molar-refractivity contribution in [1.82, 2.24) is 14.5 Å². The van der Waals surface area contributed by atoms with Gasteiger partial charge in [0.2, 0.25) is 10.0 Å². The van der Waals surface area contributed by atoms with Gasteiger partial charge in [0.05, 0.1) is 11.4 Å². The normalized spacial score (nSPS) is 19.3. The monoisotopic (exact) mass is 455 g/mol. The van der Waals surface area contributed by atoms with Crippen molar-refractivity contribution in [2.45, 2.75) is 31.2 Å². The average Bonchev–Trinajstić information content (AvgIpc) is 3.13. The first-order chi connectivity index (χ1) is 14.3. The number of carbonyl (C=O) groups is 1. The predicted molar refractivity (Wildman–Crippen MR) is 108 cm³/mol. The van der Waals surface area contributed by atoms with Gasteiger partial charge >= 0.3 is 12.1 Å². The number of sulfonamides is 1. The van der Waals surface area contributed by atoms with E-state index < -0.39 is 39.2 Å². The number of aliphatic carboxylic acids is 1. The van der Waals surface area contributed by atoms with Gasteiger partial charge in [0, 0.05) is 5.56 Å². The zero-order chi connectivity index (χ0) is 23.0. The molecule has 31 heavy (non-hydrogen) atoms. The van der Waals surface area contributed by atoms with Crippen LogP contribution < -0.4 is 4.72 Å². The highest BCUT2D eigenvalue weighted by Crippen LogP contribution is 2.35. The Kier molecular flexibility index (Phi) is 5.85. The summed E-state index contributed by atoms with van der Waals surface area (Å²) in [5.74, 6) is -1.33. The molecule has 1 unspecified atom stereocenters. The zero-order valence-electron chi connectivity index (χ0n) is 16.6. The van der Waals surface area contributed by atoms with Crippen LogP contribution >= 0.6 is 0 Å². The quantitative estimate of drug-likeness (QED) is 0.695. The molecule has 11 heteroatoms. The Labute approximate surface area is 176 Å². The van der Waals surface area contributed by atoms with Crippen molar-refractivity contribution < 1.29 is 31.5 Å². The van der Waals surface area contributed by atoms with Crippen LogP contribution in [0.5, 0.6) is 0 Å². The number of carboxylic acid groups (broad SMARTS) is 1. The number of aromatic nitrogens is 2. The van der Waals surface area contributed by atoms with Gasteiger partial charge in [-0.05, 0) is 32.4 Å². The van der Waals surface area contributed by atoms with Gasteiger partial charge in [-0.25, -0.2) is 17.8 Å². The lowest BCUT2D eigenvalue weighted by molar-refractivity contribution is -0.141. The molecule has 0 saturated heterocycles. The van der Waals surface area contributed by atoms with Crippen LogP contribution in [0, 0.1) is 6.92 Å². The summed E-state index contributed by atoms with van der Waals surface area (Å²) in [6.45, 7) is 2.48. The molecule has 0 radical (unpaired) electrons. The van der Waals surface area contributed by atoms with E-state index in [4.69, 9.17) is 5.11 Å². The summed E-state index contributed by atoms with van der Waals surface area (Å²) < 4.78 is 66.6. The second-order valence-electron chi connectivity index (χ2n) is 7.39. The number of nitrogens with zero attached hydrogens (tertiary/aromatic N) is 2. The number of nitrogens with one attached hydrogen (secondary N) is 1. The molecule has 166 valence electrons. The molecule has 1 heterocycles. The predicted octanol–water partition coefficient (Wildman–Crippen LogP) is 3.44. The lowest BCUT2D eigenvalue weighted by Crippen LogP contribution is -2.44. The van der Waals surface area contributed by atoms with Crippen LogP contribution in [0.1, 0.15) is 24.6 Å². The van der Waals surface area contributed by atoms with Gasteiger partial charge in [-0.1, -0.05) is 42.0 Å². The number of carboxylic acids is 1. The Morgan fingerprint density at radius 3 is 2.45 bits per heavy atom. The molecule has 0 aliphatic heterocycles. The minimum Gasteiger partial charge on any atom is -0.480 e. The molecule has 1 aromatic carbocycles. The van der Waals surface area contributed by atoms with Crippen LogP contribution in [0.2, 0.25) is 0 Å². The van der Waals surface area contributed by atoms with E-state index in [2.05, 4.69) is 5.10 Å². The summed E-state index contributed by atoms with van der Waals surface area (Å²) in [4.78, 5) is 10.7. The van der Waals surface area contributed by atoms with Crippen LogP contribution in [-0.2, 0) is 21.0 Å². The van der Waals surface area contributed by atoms with Crippen LogP contribution in [0.25, 0.3) is 17.0 Å². The van der Waals surface area contributed by atoms with Crippen molar-refractivity contribution >= 4 is 21.7 Å². The van der Waals surface area contributed by atoms with E-state index in [1.54, 1.807) is 24.3 Å². The molecule has 2 aromatic rings. The van der Waals surface area contributed by atoms with Gasteiger partial charge in [-0.3, -0.25) is 4.79 Å². The fourth-order valence-corrected chi connectivity index (χ4v) is 4.22. The van der Waals surface area contributed by atoms with Crippen LogP contribution in [0.4, 0.5) is 13.2 Å². The smallest absolute Gasteiger partial charge is 0.435 e. The van der Waals surface area contributed by atoms with Gasteiger partial charge in [-0.2, -0.15) is 18.3 Å². The molecule has 0 bridgehead atoms. The molecule has 0 spiro atoms. The second-order valence-corrected chi connectivity index (χ2v) is 9.62. The van der Waals surface area contributed by atoms with E-state index >= 15 is 0 Å². The minimum absolute atomic E-state index is 0.0810. The molecule has 7 nitrogen and oxygen atoms in total. The van der Waals surface area contributed by atoms with Crippen molar-refractivity contribution in [3.05, 3.63) is 59.8 Å². The molecule has 0 saturated carbocycles. The van der Waals surface area contributed by atoms with Crippen molar-refractivity contribution in [3.63, 3.8) is 0 Å². The number of halogens is 3. The highest BCUT2D eigenvalue weighted by Gasteiger charge is 2.39. The second kappa shape index (κ2) is 7.97. The standard InChI is InChI=1S/C20H20F3N3O4S/c1-13-3-5-14(6-4-13)16-11-17(20(21,22)23)25-26(16)15-7-9-19(2,10-8-15)31(29,30)24-12-18(27)28/h3-9,11,24H,10,12H2,1-2H3,(H,27,28). The summed E-state index contributed by atoms with van der Waals surface area (Å²) in [6.07, 6.45) is -0.579. The van der Waals surface area contributed by atoms with Crippen molar-refractivity contribution in [2.24, 2.45) is 0 Å². The van der Waals surface area contributed by atoms with E-state index in [0.717, 1.165) is 16.3 Å². The number of hydrogen-bond acceptors (Lipinski definition) is 4. The highest BCUT2D eigenvalue weighted by atomic mass is 32.2. The Morgan fingerprint density at radius 2 is 1.94 bits per heavy atom. The summed E-state index contributed by atoms with van der Waals surface area (Å²) in [6, 6.07) is 7.84. The molecule has 1 aliphatic carbocycles. The lowest BCUT2D eigenvalue weighted by Gasteiger charge is -2.28. The van der Waals surface area contributed by atoms with E-state index in [-0.39, 0.29) is 17.8 Å². The SMILES string of the molecule is Cc1ccc(-c2cc(C(F)(F)F)nn2C2=CCC(C)(S(=O)(=O)NCC(=O)O)C=C2)cc1. The Bertz CT molecular complexity index is 1170. The van der Waals surface area contributed by atoms with E-state index in [9.17, 15) is 26.4 Å². The van der Waals surface area contributed by atoms with Gasteiger partial charge < -0.3 is 5.11 Å². The number of hydrogen-bond donors (Lipinski definition) is 2. The first kappa shape index (κ1) is 22.8. The minimum atomic E-state index is -4.65. The van der Waals surface area contributed by atoms with Gasteiger partial charge in [0.25, 0.3) is 0 Å². The summed E-state index contributed by atoms with van der Waals surface area (Å²) in [5, 5.41) is 12.4. The third-order valence-corrected chi connectivity index (χ3v) is 7.00. The Morgan fingerprint density at radius 1 is 1.29 bits per heavy atom. The van der Waals surface area contributed by atoms with E-state index in [1.165, 1.54) is 25.2 Å². The number of benzene rings is 1. The van der Waals surface area contributed by atoms with Gasteiger partial charge in [0.1, 0.15) is 11.3 Å². The molecule has 1 aromatic heterocycles. The number of aryl methyl sites for hydroxylation is 1. The van der Waals surface area contributed by atoms with Crippen molar-refractivity contribution in [3.8, 4) is 11.3 Å². The number of allylic oxidation sites excluding steroid dienone is 3. The molecule has 0 amide bonds. The summed E-state index contributed by atoms with van der Waals surface area (Å²) >= 11 is 0. The third kappa shape index (κ3) is 4.72. The molecule has 1 aliphatic rings. The third-order valence-electron chi connectivity index (χ3n) is 4.94. The maximum Gasteiger partial charge on any atom is 0.435 e. The van der Waals surface area contributed by atoms with Crippen molar-refractivity contribution in [2.75, 3.05) is 6.54 Å². The Hall–Kier alpha value is -2.92. The summed E-state index contributed by atoms with van der Waals surface area (Å²) in [7, 11) is -4.04. The topological polar surface area (TPSA) is 101 Å². The molecule has 3 rings (SSSR count). The van der Waals surface area contributed by atoms with Crippen LogP contribution in [0.3, 0.4) is 0 Å². The van der Waals surface area contributed by atoms with E-state index in [0.29, 0.717) is 5.56 Å². The fraction of sp³-hybridized carbons (Fsp3) is 0.300. The Balaban J connectivity index is 1.98. The van der Waals surface area contributed by atoms with Gasteiger partial charge in [0.15, 0.2) is 5.69 Å². The molecule has 1 atom stereocenters. The maximum atomic E-state index is 13.3. The lowest BCUT2D eigenvalue weighted by atomic mass is 10.0. The first-order valence-corrected chi connectivity index (χ1v) is 10.7. The molecular weight excluding hydrogens is 435 g/mol.